The van der Waals surface area contributed by atoms with E-state index in [1.807, 2.05) is 0 Å². The van der Waals surface area contributed by atoms with Crippen LogP contribution in [0.1, 0.15) is 5.69 Å². The summed E-state index contributed by atoms with van der Waals surface area (Å²) in [6.07, 6.45) is 0. The highest BCUT2D eigenvalue weighted by Gasteiger charge is 2.27. The van der Waals surface area contributed by atoms with Gasteiger partial charge < -0.3 is 0 Å². The monoisotopic (exact) mass is 675 g/mol. The Labute approximate surface area is 311 Å². The number of hydrogen-bond donors (Lipinski definition) is 0. The van der Waals surface area contributed by atoms with Gasteiger partial charge in [-0.15, -0.1) is 0 Å². The molecule has 9 aromatic rings. The second-order valence-electron chi connectivity index (χ2n) is 13.5. The molecule has 0 radical (unpaired) electrons. The molecule has 1 nitrogen and oxygen atoms in total. The Morgan fingerprint density at radius 3 is 1.15 bits per heavy atom. The summed E-state index contributed by atoms with van der Waals surface area (Å²) in [4.78, 5) is 5.48. The van der Waals surface area contributed by atoms with E-state index in [-0.39, 0.29) is 0 Å². The Bertz CT molecular complexity index is 2670. The zero-order valence-electron chi connectivity index (χ0n) is 29.6. The van der Waals surface area contributed by atoms with E-state index in [0.29, 0.717) is 0 Å². The summed E-state index contributed by atoms with van der Waals surface area (Å²) in [6, 6.07) is 74.2. The maximum absolute atomic E-state index is 5.48. The molecule has 0 fully saturated rings. The molecular weight excluding hydrogens is 639 g/mol. The highest BCUT2D eigenvalue weighted by molar-refractivity contribution is 6.22. The van der Waals surface area contributed by atoms with Crippen LogP contribution in [0.4, 0.5) is 0 Å². The maximum atomic E-state index is 5.48. The Morgan fingerprint density at radius 1 is 0.302 bits per heavy atom. The van der Waals surface area contributed by atoms with Crippen molar-refractivity contribution in [3.8, 4) is 78.0 Å². The molecule has 0 unspecified atom stereocenters. The topological polar surface area (TPSA) is 12.9 Å². The Hall–Kier alpha value is -6.83. The second kappa shape index (κ2) is 14.1. The third-order valence-corrected chi connectivity index (χ3v) is 10.1. The molecule has 0 aliphatic heterocycles. The van der Waals surface area contributed by atoms with Gasteiger partial charge in [0.15, 0.2) is 0 Å². The number of rotatable bonds is 7. The van der Waals surface area contributed by atoms with Crippen molar-refractivity contribution >= 4 is 10.8 Å². The fraction of sp³-hybridized carbons (Fsp3) is 0.0192. The van der Waals surface area contributed by atoms with Crippen LogP contribution in [0.25, 0.3) is 88.8 Å². The minimum Gasteiger partial charge on any atom is -0.252 e. The molecule has 1 aromatic heterocycles. The van der Waals surface area contributed by atoms with Crippen LogP contribution in [0.5, 0.6) is 0 Å². The molecule has 8 aromatic carbocycles. The minimum absolute atomic E-state index is 0.975. The number of nitrogens with zero attached hydrogens (tertiary/aromatic N) is 1. The van der Waals surface area contributed by atoms with Gasteiger partial charge in [-0.3, -0.25) is 4.98 Å². The largest absolute Gasteiger partial charge is 0.252 e. The number of aryl methyl sites for hydroxylation is 1. The fourth-order valence-electron chi connectivity index (χ4n) is 7.93. The van der Waals surface area contributed by atoms with Gasteiger partial charge >= 0.3 is 0 Å². The van der Waals surface area contributed by atoms with E-state index in [0.717, 1.165) is 33.6 Å². The van der Waals surface area contributed by atoms with Crippen LogP contribution in [0.15, 0.2) is 206 Å². The zero-order chi connectivity index (χ0) is 35.6. The first-order valence-electron chi connectivity index (χ1n) is 18.2. The van der Waals surface area contributed by atoms with E-state index in [1.165, 1.54) is 60.8 Å². The van der Waals surface area contributed by atoms with Gasteiger partial charge in [0.1, 0.15) is 0 Å². The van der Waals surface area contributed by atoms with Gasteiger partial charge in [0.25, 0.3) is 0 Å². The van der Waals surface area contributed by atoms with Crippen molar-refractivity contribution in [1.82, 2.24) is 4.98 Å². The van der Waals surface area contributed by atoms with Crippen LogP contribution in [0, 0.1) is 6.92 Å². The molecule has 0 saturated carbocycles. The normalized spacial score (nSPS) is 11.1. The average Bonchev–Trinajstić information content (AvgIpc) is 3.24. The van der Waals surface area contributed by atoms with Crippen LogP contribution < -0.4 is 0 Å². The Morgan fingerprint density at radius 2 is 0.679 bits per heavy atom. The van der Waals surface area contributed by atoms with Gasteiger partial charge in [0.05, 0.1) is 5.69 Å². The Kier molecular flexibility index (Phi) is 8.52. The van der Waals surface area contributed by atoms with Crippen LogP contribution in [0.3, 0.4) is 0 Å². The molecule has 250 valence electrons. The molecule has 9 rings (SSSR count). The summed E-state index contributed by atoms with van der Waals surface area (Å²) in [6.45, 7) is 2.12. The van der Waals surface area contributed by atoms with Gasteiger partial charge in [0.2, 0.25) is 0 Å². The first kappa shape index (κ1) is 32.1. The lowest BCUT2D eigenvalue weighted by molar-refractivity contribution is 1.21. The highest BCUT2D eigenvalue weighted by atomic mass is 14.7. The lowest BCUT2D eigenvalue weighted by atomic mass is 9.77. The summed E-state index contributed by atoms with van der Waals surface area (Å²) in [7, 11) is 0. The molecule has 0 atom stereocenters. The van der Waals surface area contributed by atoms with E-state index in [4.69, 9.17) is 4.98 Å². The quantitative estimate of drug-likeness (QED) is 0.164. The summed E-state index contributed by atoms with van der Waals surface area (Å²) < 4.78 is 0. The predicted octanol–water partition coefficient (Wildman–Crippen LogP) is 14.2. The van der Waals surface area contributed by atoms with Crippen LogP contribution >= 0.6 is 0 Å². The van der Waals surface area contributed by atoms with E-state index in [1.54, 1.807) is 0 Å². The number of fused-ring (bicyclic) bond motifs is 1. The van der Waals surface area contributed by atoms with Gasteiger partial charge in [-0.05, 0) is 79.6 Å². The lowest BCUT2D eigenvalue weighted by Gasteiger charge is -2.26. The number of aromatic nitrogens is 1. The van der Waals surface area contributed by atoms with Crippen molar-refractivity contribution < 1.29 is 0 Å². The minimum atomic E-state index is 0.975. The lowest BCUT2D eigenvalue weighted by Crippen LogP contribution is -2.01. The van der Waals surface area contributed by atoms with Gasteiger partial charge in [0, 0.05) is 22.2 Å². The van der Waals surface area contributed by atoms with Gasteiger partial charge in [-0.1, -0.05) is 200 Å². The maximum Gasteiger partial charge on any atom is 0.0796 e. The van der Waals surface area contributed by atoms with Crippen molar-refractivity contribution in [2.45, 2.75) is 6.92 Å². The van der Waals surface area contributed by atoms with E-state index >= 15 is 0 Å². The molecule has 0 saturated heterocycles. The van der Waals surface area contributed by atoms with E-state index in [9.17, 15) is 0 Å². The van der Waals surface area contributed by atoms with Gasteiger partial charge in [-0.25, -0.2) is 0 Å². The van der Waals surface area contributed by atoms with Crippen molar-refractivity contribution in [3.05, 3.63) is 212 Å². The molecule has 0 aliphatic carbocycles. The van der Waals surface area contributed by atoms with Crippen molar-refractivity contribution in [1.29, 1.82) is 0 Å². The van der Waals surface area contributed by atoms with Crippen LogP contribution in [-0.2, 0) is 0 Å². The molecule has 0 amide bonds. The Balaban J connectivity index is 1.54. The molecule has 53 heavy (non-hydrogen) atoms. The molecule has 0 bridgehead atoms. The van der Waals surface area contributed by atoms with Crippen LogP contribution in [0.2, 0.25) is 0 Å². The van der Waals surface area contributed by atoms with Crippen molar-refractivity contribution in [2.75, 3.05) is 0 Å². The summed E-state index contributed by atoms with van der Waals surface area (Å²) in [5, 5.41) is 2.38. The zero-order valence-corrected chi connectivity index (χ0v) is 29.6. The molecule has 0 N–H and O–H groups in total. The SMILES string of the molecule is Cc1cc(-c2ccccc2)c(-c2ccccc2)c(-c2cccc3c(-c4ccccc4)c(-c4ccccc4)c(-c4ccccc4)c(-c4ccccc4)c23)n1. The number of benzene rings is 8. The predicted molar refractivity (Wildman–Crippen MR) is 225 cm³/mol. The van der Waals surface area contributed by atoms with E-state index in [2.05, 4.69) is 213 Å². The number of pyridine rings is 1. The highest BCUT2D eigenvalue weighted by Crippen LogP contribution is 2.53. The average molecular weight is 676 g/mol. The molecule has 0 spiro atoms. The first-order valence-corrected chi connectivity index (χ1v) is 18.2. The second-order valence-corrected chi connectivity index (χ2v) is 13.5. The fourth-order valence-corrected chi connectivity index (χ4v) is 7.93. The third-order valence-electron chi connectivity index (χ3n) is 10.1. The summed E-state index contributed by atoms with van der Waals surface area (Å²) in [5.74, 6) is 0. The molecular formula is C52H37N. The number of hydrogen-bond acceptors (Lipinski definition) is 1. The smallest absolute Gasteiger partial charge is 0.0796 e. The van der Waals surface area contributed by atoms with Crippen molar-refractivity contribution in [2.24, 2.45) is 0 Å². The first-order chi connectivity index (χ1) is 26.3. The summed E-state index contributed by atoms with van der Waals surface area (Å²) >= 11 is 0. The van der Waals surface area contributed by atoms with Gasteiger partial charge in [-0.2, -0.15) is 0 Å². The molecule has 0 aliphatic rings. The standard InChI is InChI=1S/C52H37N/c1-36-35-45(37-21-8-2-9-22-37)47(39-25-12-4-13-26-39)52(53-36)44-34-20-33-43-46(38-23-10-3-11-24-38)48(40-27-14-5-15-28-40)49(41-29-16-6-17-30-41)50(51(43)44)42-31-18-7-19-32-42/h2-35H,1H3. The third kappa shape index (κ3) is 5.93. The summed E-state index contributed by atoms with van der Waals surface area (Å²) in [5.41, 5.74) is 17.2. The van der Waals surface area contributed by atoms with E-state index < -0.39 is 0 Å². The van der Waals surface area contributed by atoms with Crippen molar-refractivity contribution in [3.63, 3.8) is 0 Å². The molecule has 1 heterocycles. The van der Waals surface area contributed by atoms with Crippen LogP contribution in [-0.4, -0.2) is 4.98 Å². The molecule has 1 heteroatoms.